The third-order valence-corrected chi connectivity index (χ3v) is 3.20. The first-order valence-electron chi connectivity index (χ1n) is 5.81. The number of Topliss-reactive ketones (excluding diaryl/α,β-unsaturated/α-hetero) is 1. The first-order valence-corrected chi connectivity index (χ1v) is 5.81. The van der Waals surface area contributed by atoms with E-state index in [2.05, 4.69) is 25.8 Å². The second-order valence-electron chi connectivity index (χ2n) is 4.93. The van der Waals surface area contributed by atoms with Crippen molar-refractivity contribution in [3.8, 4) is 0 Å². The van der Waals surface area contributed by atoms with Gasteiger partial charge in [0, 0.05) is 18.9 Å². The highest BCUT2D eigenvalue weighted by molar-refractivity contribution is 5.79. The molecule has 0 unspecified atom stereocenters. The summed E-state index contributed by atoms with van der Waals surface area (Å²) < 4.78 is 0. The van der Waals surface area contributed by atoms with E-state index < -0.39 is 0 Å². The van der Waals surface area contributed by atoms with Gasteiger partial charge in [0.2, 0.25) is 0 Å². The molecule has 1 rings (SSSR count). The second-order valence-corrected chi connectivity index (χ2v) is 4.93. The van der Waals surface area contributed by atoms with E-state index in [1.54, 1.807) is 0 Å². The average molecular weight is 197 g/mol. The lowest BCUT2D eigenvalue weighted by atomic mass is 9.93. The summed E-state index contributed by atoms with van der Waals surface area (Å²) in [6, 6.07) is 0.659. The highest BCUT2D eigenvalue weighted by atomic mass is 16.1. The predicted molar refractivity (Wildman–Crippen MR) is 59.3 cm³/mol. The molecule has 0 radical (unpaired) electrons. The number of carbonyl (C=O) groups excluding carboxylic acids is 1. The van der Waals surface area contributed by atoms with Crippen LogP contribution in [0.25, 0.3) is 0 Å². The molecule has 0 atom stereocenters. The van der Waals surface area contributed by atoms with Crippen molar-refractivity contribution in [3.63, 3.8) is 0 Å². The van der Waals surface area contributed by atoms with Crippen molar-refractivity contribution in [3.05, 3.63) is 0 Å². The Morgan fingerprint density at radius 1 is 1.36 bits per heavy atom. The summed E-state index contributed by atoms with van der Waals surface area (Å²) in [4.78, 5) is 13.5. The summed E-state index contributed by atoms with van der Waals surface area (Å²) in [5.74, 6) is 1.24. The minimum Gasteiger partial charge on any atom is -0.303 e. The van der Waals surface area contributed by atoms with E-state index in [1.807, 2.05) is 0 Å². The molecule has 82 valence electrons. The number of carbonyl (C=O) groups is 1. The summed E-state index contributed by atoms with van der Waals surface area (Å²) in [5.41, 5.74) is 0. The minimum absolute atomic E-state index is 0.457. The Kier molecular flexibility index (Phi) is 4.59. The zero-order valence-electron chi connectivity index (χ0n) is 9.75. The van der Waals surface area contributed by atoms with E-state index in [4.69, 9.17) is 0 Å². The topological polar surface area (TPSA) is 20.3 Å². The van der Waals surface area contributed by atoms with E-state index in [9.17, 15) is 4.79 Å². The SMILES string of the molecule is CC(C)CCN(C)C1CCC(=O)CC1. The molecular formula is C12H23NO. The maximum atomic E-state index is 11.1. The number of ketones is 1. The van der Waals surface area contributed by atoms with Gasteiger partial charge in [0.15, 0.2) is 0 Å². The monoisotopic (exact) mass is 197 g/mol. The highest BCUT2D eigenvalue weighted by Crippen LogP contribution is 2.19. The lowest BCUT2D eigenvalue weighted by Crippen LogP contribution is -2.36. The van der Waals surface area contributed by atoms with Gasteiger partial charge in [-0.2, -0.15) is 0 Å². The number of nitrogens with zero attached hydrogens (tertiary/aromatic N) is 1. The zero-order valence-corrected chi connectivity index (χ0v) is 9.75. The maximum Gasteiger partial charge on any atom is 0.133 e. The van der Waals surface area contributed by atoms with Gasteiger partial charge in [0.25, 0.3) is 0 Å². The Morgan fingerprint density at radius 3 is 2.43 bits per heavy atom. The molecule has 1 fully saturated rings. The predicted octanol–water partition coefficient (Wildman–Crippen LogP) is 2.48. The van der Waals surface area contributed by atoms with Crippen LogP contribution in [0.3, 0.4) is 0 Å². The zero-order chi connectivity index (χ0) is 10.6. The van der Waals surface area contributed by atoms with E-state index in [-0.39, 0.29) is 0 Å². The van der Waals surface area contributed by atoms with Gasteiger partial charge in [-0.05, 0) is 38.8 Å². The van der Waals surface area contributed by atoms with Gasteiger partial charge in [0.05, 0.1) is 0 Å². The fourth-order valence-electron chi connectivity index (χ4n) is 2.01. The van der Waals surface area contributed by atoms with Gasteiger partial charge in [-0.1, -0.05) is 13.8 Å². The van der Waals surface area contributed by atoms with Crippen molar-refractivity contribution in [2.75, 3.05) is 13.6 Å². The maximum absolute atomic E-state index is 11.1. The molecule has 1 aliphatic carbocycles. The Morgan fingerprint density at radius 2 is 1.93 bits per heavy atom. The standard InChI is InChI=1S/C12H23NO/c1-10(2)8-9-13(3)11-4-6-12(14)7-5-11/h10-11H,4-9H2,1-3H3. The lowest BCUT2D eigenvalue weighted by molar-refractivity contribution is -0.121. The molecule has 0 aliphatic heterocycles. The molecule has 0 amide bonds. The van der Waals surface area contributed by atoms with Crippen LogP contribution in [0, 0.1) is 5.92 Å². The van der Waals surface area contributed by atoms with Crippen molar-refractivity contribution >= 4 is 5.78 Å². The molecule has 0 spiro atoms. The van der Waals surface area contributed by atoms with Gasteiger partial charge in [-0.25, -0.2) is 0 Å². The van der Waals surface area contributed by atoms with Gasteiger partial charge in [0.1, 0.15) is 5.78 Å². The Balaban J connectivity index is 2.23. The molecule has 0 aromatic heterocycles. The summed E-state index contributed by atoms with van der Waals surface area (Å²) in [6.07, 6.45) is 5.02. The van der Waals surface area contributed by atoms with Crippen LogP contribution in [-0.2, 0) is 4.79 Å². The first-order chi connectivity index (χ1) is 6.59. The van der Waals surface area contributed by atoms with Crippen molar-refractivity contribution in [1.29, 1.82) is 0 Å². The van der Waals surface area contributed by atoms with E-state index in [1.165, 1.54) is 13.0 Å². The van der Waals surface area contributed by atoms with Gasteiger partial charge >= 0.3 is 0 Å². The van der Waals surface area contributed by atoms with Crippen LogP contribution in [0.15, 0.2) is 0 Å². The van der Waals surface area contributed by atoms with Crippen LogP contribution < -0.4 is 0 Å². The summed E-state index contributed by atoms with van der Waals surface area (Å²) in [7, 11) is 2.20. The average Bonchev–Trinajstić information content (AvgIpc) is 2.15. The Hall–Kier alpha value is -0.370. The molecular weight excluding hydrogens is 174 g/mol. The van der Waals surface area contributed by atoms with E-state index in [0.29, 0.717) is 11.8 Å². The van der Waals surface area contributed by atoms with Crippen LogP contribution in [0.4, 0.5) is 0 Å². The molecule has 0 saturated heterocycles. The van der Waals surface area contributed by atoms with Crippen LogP contribution in [-0.4, -0.2) is 30.3 Å². The van der Waals surface area contributed by atoms with Crippen molar-refractivity contribution in [2.45, 2.75) is 52.0 Å². The van der Waals surface area contributed by atoms with Crippen LogP contribution >= 0.6 is 0 Å². The van der Waals surface area contributed by atoms with Crippen LogP contribution in [0.1, 0.15) is 46.0 Å². The second kappa shape index (κ2) is 5.50. The smallest absolute Gasteiger partial charge is 0.133 e. The molecule has 0 aromatic carbocycles. The molecule has 1 aliphatic rings. The summed E-state index contributed by atoms with van der Waals surface area (Å²) >= 11 is 0. The molecule has 14 heavy (non-hydrogen) atoms. The van der Waals surface area contributed by atoms with Gasteiger partial charge in [-0.3, -0.25) is 4.79 Å². The molecule has 0 heterocycles. The normalized spacial score (nSPS) is 19.6. The van der Waals surface area contributed by atoms with Gasteiger partial charge < -0.3 is 4.90 Å². The fraction of sp³-hybridized carbons (Fsp3) is 0.917. The highest BCUT2D eigenvalue weighted by Gasteiger charge is 2.21. The number of hydrogen-bond donors (Lipinski definition) is 0. The van der Waals surface area contributed by atoms with Crippen LogP contribution in [0.5, 0.6) is 0 Å². The Labute approximate surface area is 87.7 Å². The molecule has 0 N–H and O–H groups in total. The first kappa shape index (κ1) is 11.7. The third-order valence-electron chi connectivity index (χ3n) is 3.20. The molecule has 2 nitrogen and oxygen atoms in total. The van der Waals surface area contributed by atoms with Gasteiger partial charge in [-0.15, -0.1) is 0 Å². The summed E-state index contributed by atoms with van der Waals surface area (Å²) in [6.45, 7) is 5.70. The quantitative estimate of drug-likeness (QED) is 0.690. The lowest BCUT2D eigenvalue weighted by Gasteiger charge is -2.31. The fourth-order valence-corrected chi connectivity index (χ4v) is 2.01. The van der Waals surface area contributed by atoms with Crippen LogP contribution in [0.2, 0.25) is 0 Å². The number of hydrogen-bond acceptors (Lipinski definition) is 2. The Bertz CT molecular complexity index is 179. The molecule has 0 aromatic rings. The third kappa shape index (κ3) is 3.79. The number of rotatable bonds is 4. The van der Waals surface area contributed by atoms with Crippen molar-refractivity contribution < 1.29 is 4.79 Å². The van der Waals surface area contributed by atoms with Crippen molar-refractivity contribution in [1.82, 2.24) is 4.90 Å². The molecule has 2 heteroatoms. The minimum atomic E-state index is 0.457. The largest absolute Gasteiger partial charge is 0.303 e. The molecule has 0 bridgehead atoms. The van der Waals surface area contributed by atoms with E-state index in [0.717, 1.165) is 31.6 Å². The summed E-state index contributed by atoms with van der Waals surface area (Å²) in [5, 5.41) is 0. The van der Waals surface area contributed by atoms with E-state index >= 15 is 0 Å². The van der Waals surface area contributed by atoms with Crippen molar-refractivity contribution in [2.24, 2.45) is 5.92 Å². The molecule has 1 saturated carbocycles.